The van der Waals surface area contributed by atoms with Crippen molar-refractivity contribution >= 4 is 109 Å². The summed E-state index contributed by atoms with van der Waals surface area (Å²) >= 11 is 5.97. The molecular formula is C30H40I3N3O11. The number of nitrogens with one attached hydrogen (secondary N) is 3. The van der Waals surface area contributed by atoms with Crippen LogP contribution in [0.3, 0.4) is 0 Å². The summed E-state index contributed by atoms with van der Waals surface area (Å²) in [6, 6.07) is 0. The summed E-state index contributed by atoms with van der Waals surface area (Å²) < 4.78 is 34.4. The minimum absolute atomic E-state index is 0.120. The first kappa shape index (κ1) is 40.0. The van der Waals surface area contributed by atoms with Gasteiger partial charge in [-0.05, 0) is 67.8 Å². The molecule has 0 spiro atoms. The van der Waals surface area contributed by atoms with E-state index >= 15 is 0 Å². The van der Waals surface area contributed by atoms with Crippen molar-refractivity contribution < 1.29 is 52.4 Å². The fourth-order valence-electron chi connectivity index (χ4n) is 4.52. The van der Waals surface area contributed by atoms with Crippen LogP contribution in [0, 0.1) is 34.4 Å². The molecule has 2 heterocycles. The number of benzene rings is 1. The Morgan fingerprint density at radius 3 is 1.51 bits per heavy atom. The molecule has 1 atom stereocenters. The molecule has 262 valence electrons. The Morgan fingerprint density at radius 1 is 0.723 bits per heavy atom. The Bertz CT molecular complexity index is 1260. The fourth-order valence-corrected chi connectivity index (χ4v) is 8.71. The normalized spacial score (nSPS) is 21.9. The van der Waals surface area contributed by atoms with E-state index in [1.807, 2.05) is 95.5 Å². The van der Waals surface area contributed by atoms with Gasteiger partial charge in [0.2, 0.25) is 11.8 Å². The Morgan fingerprint density at radius 2 is 1.15 bits per heavy atom. The van der Waals surface area contributed by atoms with Gasteiger partial charge >= 0.3 is 11.9 Å². The number of amides is 3. The third-order valence-electron chi connectivity index (χ3n) is 7.01. The maximum atomic E-state index is 13.7. The molecule has 0 saturated carbocycles. The average Bonchev–Trinajstić information content (AvgIpc) is 3.02. The summed E-state index contributed by atoms with van der Waals surface area (Å²) in [5.41, 5.74) is 0.796. The summed E-state index contributed by atoms with van der Waals surface area (Å²) in [4.78, 5) is 63.6. The number of esters is 2. The molecule has 2 aliphatic heterocycles. The molecule has 3 amide bonds. The number of hydrogen-bond donors (Lipinski definition) is 3. The maximum Gasteiger partial charge on any atom is 0.303 e. The van der Waals surface area contributed by atoms with E-state index < -0.39 is 48.4 Å². The number of carbonyl (C=O) groups excluding carboxylic acids is 5. The second kappa shape index (κ2) is 18.6. The van der Waals surface area contributed by atoms with Gasteiger partial charge in [-0.1, -0.05) is 27.7 Å². The van der Waals surface area contributed by atoms with Crippen LogP contribution in [-0.2, 0) is 47.6 Å². The van der Waals surface area contributed by atoms with Crippen LogP contribution in [0.15, 0.2) is 0 Å². The molecule has 14 nitrogen and oxygen atoms in total. The second-order valence-corrected chi connectivity index (χ2v) is 15.0. The van der Waals surface area contributed by atoms with Gasteiger partial charge in [0.25, 0.3) is 5.91 Å². The standard InChI is InChI=1S/C30H40I3N3O11/c1-13(2)29-43-8-17(9-44-29)26(39)35-24-21(31)20(28(41)34-7-19(47-16(6)38)12-42-15(5)37)22(32)25(23(24)33)36-27(40)18-10-45-30(14(3)4)46-11-18/h13-14,17-19,29-30H,7-12H2,1-6H3,(H,34,41)(H,35,39)(H,36,40). The quantitative estimate of drug-likeness (QED) is 0.205. The van der Waals surface area contributed by atoms with E-state index in [9.17, 15) is 24.0 Å². The highest BCUT2D eigenvalue weighted by Crippen LogP contribution is 2.39. The molecule has 0 bridgehead atoms. The monoisotopic (exact) mass is 999 g/mol. The van der Waals surface area contributed by atoms with Gasteiger partial charge in [0.05, 0.1) is 72.5 Å². The van der Waals surface area contributed by atoms with E-state index in [1.165, 1.54) is 13.8 Å². The third-order valence-corrected chi connectivity index (χ3v) is 10.2. The van der Waals surface area contributed by atoms with Crippen LogP contribution in [-0.4, -0.2) is 87.9 Å². The third kappa shape index (κ3) is 11.3. The highest BCUT2D eigenvalue weighted by atomic mass is 127. The van der Waals surface area contributed by atoms with E-state index in [4.69, 9.17) is 28.4 Å². The number of hydrogen-bond acceptors (Lipinski definition) is 11. The van der Waals surface area contributed by atoms with Gasteiger partial charge in [-0.15, -0.1) is 0 Å². The molecule has 3 N–H and O–H groups in total. The zero-order chi connectivity index (χ0) is 35.0. The molecule has 47 heavy (non-hydrogen) atoms. The van der Waals surface area contributed by atoms with Crippen molar-refractivity contribution in [2.45, 2.75) is 60.2 Å². The first-order chi connectivity index (χ1) is 22.1. The van der Waals surface area contributed by atoms with E-state index in [-0.39, 0.29) is 68.8 Å². The van der Waals surface area contributed by atoms with Crippen molar-refractivity contribution in [3.8, 4) is 0 Å². The highest BCUT2D eigenvalue weighted by molar-refractivity contribution is 14.1. The molecule has 0 radical (unpaired) electrons. The lowest BCUT2D eigenvalue weighted by atomic mass is 10.1. The first-order valence-corrected chi connectivity index (χ1v) is 18.2. The molecular weight excluding hydrogens is 959 g/mol. The largest absolute Gasteiger partial charge is 0.462 e. The van der Waals surface area contributed by atoms with Crippen LogP contribution in [0.25, 0.3) is 0 Å². The van der Waals surface area contributed by atoms with Crippen LogP contribution in [0.4, 0.5) is 11.4 Å². The SMILES string of the molecule is CC(=O)OCC(CNC(=O)c1c(I)c(NC(=O)C2COC(C(C)C)OC2)c(I)c(NC(=O)C2COC(C(C)C)OC2)c1I)OC(C)=O. The van der Waals surface area contributed by atoms with Crippen LogP contribution < -0.4 is 16.0 Å². The smallest absolute Gasteiger partial charge is 0.303 e. The van der Waals surface area contributed by atoms with Gasteiger partial charge in [0.1, 0.15) is 6.61 Å². The predicted octanol–water partition coefficient (Wildman–Crippen LogP) is 3.89. The van der Waals surface area contributed by atoms with Gasteiger partial charge < -0.3 is 44.4 Å². The molecule has 2 fully saturated rings. The lowest BCUT2D eigenvalue weighted by molar-refractivity contribution is -0.217. The zero-order valence-corrected chi connectivity index (χ0v) is 33.4. The van der Waals surface area contributed by atoms with Gasteiger partial charge in [-0.2, -0.15) is 0 Å². The fraction of sp³-hybridized carbons (Fsp3) is 0.633. The molecule has 0 aromatic heterocycles. The lowest BCUT2D eigenvalue weighted by Crippen LogP contribution is -2.41. The topological polar surface area (TPSA) is 177 Å². The second-order valence-electron chi connectivity index (χ2n) is 11.7. The van der Waals surface area contributed by atoms with Crippen molar-refractivity contribution in [3.05, 3.63) is 16.3 Å². The number of ether oxygens (including phenoxy) is 6. The van der Waals surface area contributed by atoms with Crippen LogP contribution in [0.5, 0.6) is 0 Å². The van der Waals surface area contributed by atoms with Crippen LogP contribution in [0.2, 0.25) is 0 Å². The minimum Gasteiger partial charge on any atom is -0.462 e. The summed E-state index contributed by atoms with van der Waals surface area (Å²) in [6.45, 7) is 10.5. The van der Waals surface area contributed by atoms with Crippen molar-refractivity contribution in [2.24, 2.45) is 23.7 Å². The van der Waals surface area contributed by atoms with Gasteiger partial charge in [0, 0.05) is 25.7 Å². The summed E-state index contributed by atoms with van der Waals surface area (Å²) in [6.07, 6.45) is -1.76. The molecule has 2 aliphatic rings. The van der Waals surface area contributed by atoms with Crippen molar-refractivity contribution in [1.82, 2.24) is 5.32 Å². The summed E-state index contributed by atoms with van der Waals surface area (Å²) in [5.74, 6) is -3.49. The van der Waals surface area contributed by atoms with E-state index in [0.717, 1.165) is 0 Å². The van der Waals surface area contributed by atoms with E-state index in [1.54, 1.807) is 0 Å². The number of rotatable bonds is 12. The minimum atomic E-state index is -0.945. The Labute approximate surface area is 314 Å². The molecule has 17 heteroatoms. The molecule has 2 saturated heterocycles. The molecule has 3 rings (SSSR count). The highest BCUT2D eigenvalue weighted by Gasteiger charge is 2.34. The van der Waals surface area contributed by atoms with Crippen LogP contribution >= 0.6 is 67.8 Å². The molecule has 1 aromatic rings. The van der Waals surface area contributed by atoms with E-state index in [0.29, 0.717) is 22.1 Å². The number of carbonyl (C=O) groups is 5. The zero-order valence-electron chi connectivity index (χ0n) is 26.9. The average molecular weight is 999 g/mol. The Kier molecular flexibility index (Phi) is 15.8. The first-order valence-electron chi connectivity index (χ1n) is 15.0. The predicted molar refractivity (Wildman–Crippen MR) is 194 cm³/mol. The summed E-state index contributed by atoms with van der Waals surface area (Å²) in [5, 5.41) is 8.57. The Hall–Kier alpha value is -1.40. The molecule has 0 aliphatic carbocycles. The van der Waals surface area contributed by atoms with Crippen LogP contribution in [0.1, 0.15) is 51.9 Å². The van der Waals surface area contributed by atoms with Crippen molar-refractivity contribution in [2.75, 3.05) is 50.2 Å². The van der Waals surface area contributed by atoms with Gasteiger partial charge in [0.15, 0.2) is 18.7 Å². The van der Waals surface area contributed by atoms with Gasteiger partial charge in [-0.3, -0.25) is 24.0 Å². The lowest BCUT2D eigenvalue weighted by Gasteiger charge is -2.31. The van der Waals surface area contributed by atoms with Crippen molar-refractivity contribution in [3.63, 3.8) is 0 Å². The van der Waals surface area contributed by atoms with E-state index in [2.05, 4.69) is 16.0 Å². The number of anilines is 2. The number of halogens is 3. The molecule has 1 aromatic carbocycles. The van der Waals surface area contributed by atoms with Crippen molar-refractivity contribution in [1.29, 1.82) is 0 Å². The molecule has 1 unspecified atom stereocenters. The van der Waals surface area contributed by atoms with Gasteiger partial charge in [-0.25, -0.2) is 0 Å². The summed E-state index contributed by atoms with van der Waals surface area (Å²) in [7, 11) is 0. The Balaban J connectivity index is 1.92. The maximum absolute atomic E-state index is 13.7.